The molecule has 0 N–H and O–H groups in total. The fourth-order valence-electron chi connectivity index (χ4n) is 3.25. The van der Waals surface area contributed by atoms with Crippen molar-refractivity contribution in [2.45, 2.75) is 32.1 Å². The summed E-state index contributed by atoms with van der Waals surface area (Å²) >= 11 is 0. The van der Waals surface area contributed by atoms with E-state index in [1.165, 1.54) is 0 Å². The number of anilines is 1. The van der Waals surface area contributed by atoms with E-state index in [1.807, 2.05) is 45.0 Å². The topological polar surface area (TPSA) is 49.9 Å². The van der Waals surface area contributed by atoms with Crippen LogP contribution in [0.4, 0.5) is 5.69 Å². The molecule has 2 aromatic carbocycles. The van der Waals surface area contributed by atoms with Crippen molar-refractivity contribution in [2.24, 2.45) is 0 Å². The molecule has 146 valence electrons. The molecule has 0 radical (unpaired) electrons. The first-order valence-electron chi connectivity index (χ1n) is 9.47. The first-order chi connectivity index (χ1) is 12.9. The van der Waals surface area contributed by atoms with Gasteiger partial charge in [0.15, 0.2) is 0 Å². The summed E-state index contributed by atoms with van der Waals surface area (Å²) in [5, 5.41) is 0. The molecular formula is C21H28N2O3S. The molecule has 0 atom stereocenters. The van der Waals surface area contributed by atoms with Crippen LogP contribution in [-0.4, -0.2) is 45.5 Å². The molecule has 0 unspecified atom stereocenters. The number of hydrogen-bond acceptors (Lipinski definition) is 4. The molecule has 1 saturated heterocycles. The molecule has 3 rings (SSSR count). The number of rotatable bonds is 6. The van der Waals surface area contributed by atoms with Crippen LogP contribution < -0.4 is 9.64 Å². The maximum atomic E-state index is 13.3. The first-order valence-corrected chi connectivity index (χ1v) is 10.9. The summed E-state index contributed by atoms with van der Waals surface area (Å²) in [5.41, 5.74) is 3.13. The van der Waals surface area contributed by atoms with Crippen molar-refractivity contribution in [3.8, 4) is 5.75 Å². The van der Waals surface area contributed by atoms with Gasteiger partial charge in [-0.1, -0.05) is 25.1 Å². The van der Waals surface area contributed by atoms with Crippen molar-refractivity contribution in [2.75, 3.05) is 37.7 Å². The molecule has 27 heavy (non-hydrogen) atoms. The van der Waals surface area contributed by atoms with Crippen LogP contribution >= 0.6 is 0 Å². The number of sulfonamides is 1. The highest BCUT2D eigenvalue weighted by Gasteiger charge is 2.31. The number of hydrogen-bond donors (Lipinski definition) is 0. The molecule has 1 fully saturated rings. The van der Waals surface area contributed by atoms with E-state index in [-0.39, 0.29) is 4.90 Å². The van der Waals surface area contributed by atoms with Crippen molar-refractivity contribution in [1.29, 1.82) is 0 Å². The third kappa shape index (κ3) is 4.28. The normalized spacial score (nSPS) is 15.7. The number of nitrogens with zero attached hydrogens (tertiary/aromatic N) is 2. The van der Waals surface area contributed by atoms with Gasteiger partial charge in [0.1, 0.15) is 10.6 Å². The molecule has 5 nitrogen and oxygen atoms in total. The van der Waals surface area contributed by atoms with E-state index in [9.17, 15) is 8.42 Å². The van der Waals surface area contributed by atoms with E-state index in [0.29, 0.717) is 38.5 Å². The molecule has 0 bridgehead atoms. The van der Waals surface area contributed by atoms with Gasteiger partial charge in [0.05, 0.1) is 6.61 Å². The Labute approximate surface area is 162 Å². The highest BCUT2D eigenvalue weighted by molar-refractivity contribution is 7.89. The van der Waals surface area contributed by atoms with Gasteiger partial charge in [-0.2, -0.15) is 4.31 Å². The standard InChI is InChI=1S/C21H28N2O3S/c1-4-14-26-20-15-17(2)18(3)16-21(20)27(24,25)23-12-10-22(11-13-23)19-8-6-5-7-9-19/h5-9,15-16H,4,10-14H2,1-3H3. The smallest absolute Gasteiger partial charge is 0.246 e. The predicted molar refractivity (Wildman–Crippen MR) is 109 cm³/mol. The van der Waals surface area contributed by atoms with Crippen LogP contribution in [-0.2, 0) is 10.0 Å². The van der Waals surface area contributed by atoms with Crippen LogP contribution in [0.5, 0.6) is 5.75 Å². The van der Waals surface area contributed by atoms with Gasteiger partial charge >= 0.3 is 0 Å². The number of aryl methyl sites for hydroxylation is 2. The van der Waals surface area contributed by atoms with Gasteiger partial charge in [-0.05, 0) is 55.7 Å². The van der Waals surface area contributed by atoms with Gasteiger partial charge in [0, 0.05) is 31.9 Å². The average molecular weight is 389 g/mol. The molecular weight excluding hydrogens is 360 g/mol. The summed E-state index contributed by atoms with van der Waals surface area (Å²) in [7, 11) is -3.59. The quantitative estimate of drug-likeness (QED) is 0.759. The Morgan fingerprint density at radius 2 is 1.59 bits per heavy atom. The molecule has 1 heterocycles. The Bertz CT molecular complexity index is 874. The summed E-state index contributed by atoms with van der Waals surface area (Å²) in [4.78, 5) is 2.51. The molecule has 0 spiro atoms. The SMILES string of the molecule is CCCOc1cc(C)c(C)cc1S(=O)(=O)N1CCN(c2ccccc2)CC1. The van der Waals surface area contributed by atoms with Crippen LogP contribution in [0.2, 0.25) is 0 Å². The zero-order valence-corrected chi connectivity index (χ0v) is 17.1. The molecule has 0 aliphatic carbocycles. The molecule has 6 heteroatoms. The Morgan fingerprint density at radius 3 is 2.22 bits per heavy atom. The Morgan fingerprint density at radius 1 is 0.963 bits per heavy atom. The largest absolute Gasteiger partial charge is 0.492 e. The second-order valence-electron chi connectivity index (χ2n) is 6.96. The molecule has 1 aliphatic rings. The van der Waals surface area contributed by atoms with E-state index < -0.39 is 10.0 Å². The lowest BCUT2D eigenvalue weighted by atomic mass is 10.1. The summed E-state index contributed by atoms with van der Waals surface area (Å²) in [6.45, 7) is 8.73. The zero-order valence-electron chi connectivity index (χ0n) is 16.3. The fourth-order valence-corrected chi connectivity index (χ4v) is 4.87. The lowest BCUT2D eigenvalue weighted by Gasteiger charge is -2.35. The van der Waals surface area contributed by atoms with Gasteiger partial charge in [0.25, 0.3) is 0 Å². The fraction of sp³-hybridized carbons (Fsp3) is 0.429. The van der Waals surface area contributed by atoms with Crippen molar-refractivity contribution in [1.82, 2.24) is 4.31 Å². The molecule has 1 aliphatic heterocycles. The maximum Gasteiger partial charge on any atom is 0.246 e. The minimum atomic E-state index is -3.59. The number of piperazine rings is 1. The summed E-state index contributed by atoms with van der Waals surface area (Å²) in [6, 6.07) is 13.7. The van der Waals surface area contributed by atoms with Gasteiger partial charge in [0.2, 0.25) is 10.0 Å². The Kier molecular flexibility index (Phi) is 6.07. The second-order valence-corrected chi connectivity index (χ2v) is 8.86. The number of para-hydroxylation sites is 1. The van der Waals surface area contributed by atoms with Crippen molar-refractivity contribution >= 4 is 15.7 Å². The summed E-state index contributed by atoms with van der Waals surface area (Å²) < 4.78 is 34.0. The Balaban J connectivity index is 1.82. The van der Waals surface area contributed by atoms with Gasteiger partial charge in [-0.15, -0.1) is 0 Å². The van der Waals surface area contributed by atoms with Crippen LogP contribution in [0.3, 0.4) is 0 Å². The third-order valence-electron chi connectivity index (χ3n) is 5.00. The molecule has 0 aromatic heterocycles. The van der Waals surface area contributed by atoms with E-state index in [1.54, 1.807) is 10.4 Å². The molecule has 0 amide bonds. The van der Waals surface area contributed by atoms with E-state index >= 15 is 0 Å². The first kappa shape index (κ1) is 19.7. The number of benzene rings is 2. The van der Waals surface area contributed by atoms with E-state index in [2.05, 4.69) is 17.0 Å². The van der Waals surface area contributed by atoms with Gasteiger partial charge in [-0.25, -0.2) is 8.42 Å². The van der Waals surface area contributed by atoms with Crippen LogP contribution in [0.25, 0.3) is 0 Å². The summed E-state index contributed by atoms with van der Waals surface area (Å²) in [6.07, 6.45) is 0.835. The average Bonchev–Trinajstić information content (AvgIpc) is 2.69. The van der Waals surface area contributed by atoms with Crippen LogP contribution in [0.15, 0.2) is 47.4 Å². The second kappa shape index (κ2) is 8.31. The highest BCUT2D eigenvalue weighted by atomic mass is 32.2. The van der Waals surface area contributed by atoms with Gasteiger partial charge in [-0.3, -0.25) is 0 Å². The third-order valence-corrected chi connectivity index (χ3v) is 6.92. The maximum absolute atomic E-state index is 13.3. The lowest BCUT2D eigenvalue weighted by molar-refractivity contribution is 0.306. The minimum absolute atomic E-state index is 0.284. The summed E-state index contributed by atoms with van der Waals surface area (Å²) in [5.74, 6) is 0.463. The zero-order chi connectivity index (χ0) is 19.4. The van der Waals surface area contributed by atoms with Crippen molar-refractivity contribution in [3.63, 3.8) is 0 Å². The van der Waals surface area contributed by atoms with Crippen molar-refractivity contribution in [3.05, 3.63) is 53.6 Å². The monoisotopic (exact) mass is 388 g/mol. The number of ether oxygens (including phenoxy) is 1. The highest BCUT2D eigenvalue weighted by Crippen LogP contribution is 2.31. The molecule has 2 aromatic rings. The van der Waals surface area contributed by atoms with Crippen LogP contribution in [0, 0.1) is 13.8 Å². The van der Waals surface area contributed by atoms with E-state index in [4.69, 9.17) is 4.74 Å². The van der Waals surface area contributed by atoms with Crippen molar-refractivity contribution < 1.29 is 13.2 Å². The Hall–Kier alpha value is -2.05. The predicted octanol–water partition coefficient (Wildman–Crippen LogP) is 3.60. The van der Waals surface area contributed by atoms with Crippen LogP contribution in [0.1, 0.15) is 24.5 Å². The van der Waals surface area contributed by atoms with E-state index in [0.717, 1.165) is 23.2 Å². The van der Waals surface area contributed by atoms with Gasteiger partial charge < -0.3 is 9.64 Å². The lowest BCUT2D eigenvalue weighted by Crippen LogP contribution is -2.48. The minimum Gasteiger partial charge on any atom is -0.492 e. The molecule has 0 saturated carbocycles.